The molecule has 0 spiro atoms. The van der Waals surface area contributed by atoms with Crippen LogP contribution in [0.1, 0.15) is 76.6 Å². The summed E-state index contributed by atoms with van der Waals surface area (Å²) in [6.45, 7) is 6.45. The molecule has 0 radical (unpaired) electrons. The highest BCUT2D eigenvalue weighted by Gasteiger charge is 2.37. The van der Waals surface area contributed by atoms with Gasteiger partial charge in [-0.05, 0) is 25.7 Å². The van der Waals surface area contributed by atoms with Crippen molar-refractivity contribution in [3.8, 4) is 11.5 Å². The molecule has 0 aromatic heterocycles. The Morgan fingerprint density at radius 1 is 0.472 bits per heavy atom. The van der Waals surface area contributed by atoms with E-state index in [0.29, 0.717) is 0 Å². The molecule has 2 atom stereocenters. The molecule has 2 aromatic rings. The van der Waals surface area contributed by atoms with E-state index in [9.17, 15) is 35.1 Å². The number of ether oxygens (including phenoxy) is 2. The lowest BCUT2D eigenvalue weighted by molar-refractivity contribution is 0.169. The summed E-state index contributed by atoms with van der Waals surface area (Å²) < 4.78 is 128. The first-order chi connectivity index (χ1) is 16.9. The van der Waals surface area contributed by atoms with E-state index in [0.717, 1.165) is 0 Å². The number of benzene rings is 2. The Morgan fingerprint density at radius 3 is 0.889 bits per heavy atom. The molecule has 0 amide bonds. The minimum absolute atomic E-state index is 0.261. The van der Waals surface area contributed by atoms with Crippen molar-refractivity contribution >= 4 is 0 Å². The van der Waals surface area contributed by atoms with Crippen LogP contribution in [0.15, 0.2) is 0 Å². The standard InChI is InChI=1S/C24H28F8N2O2/c1-5-9(6-2)35-23-17(29)13(25)11(14(26)18(23)30)21(33)22(34)12-15(27)19(31)24(20(32)16(12)28)36-10(7-3)8-4/h9-10,21-22H,5-8,33-34H2,1-4H3/t21-,22-/m0/s1. The van der Waals surface area contributed by atoms with Crippen LogP contribution >= 0.6 is 0 Å². The van der Waals surface area contributed by atoms with E-state index < -0.39 is 93.5 Å². The van der Waals surface area contributed by atoms with Gasteiger partial charge in [0, 0.05) is 11.1 Å². The van der Waals surface area contributed by atoms with Gasteiger partial charge in [-0.15, -0.1) is 0 Å². The Labute approximate surface area is 203 Å². The van der Waals surface area contributed by atoms with Crippen molar-refractivity contribution in [1.82, 2.24) is 0 Å². The van der Waals surface area contributed by atoms with Crippen LogP contribution in [0, 0.1) is 46.5 Å². The van der Waals surface area contributed by atoms with E-state index in [-0.39, 0.29) is 25.7 Å². The second-order valence-electron chi connectivity index (χ2n) is 8.16. The van der Waals surface area contributed by atoms with Crippen molar-refractivity contribution < 1.29 is 44.6 Å². The summed E-state index contributed by atoms with van der Waals surface area (Å²) in [6.07, 6.45) is -0.502. The number of nitrogens with two attached hydrogens (primary N) is 2. The van der Waals surface area contributed by atoms with Gasteiger partial charge < -0.3 is 20.9 Å². The smallest absolute Gasteiger partial charge is 0.204 e. The zero-order valence-electron chi connectivity index (χ0n) is 20.1. The molecule has 4 nitrogen and oxygen atoms in total. The maximum Gasteiger partial charge on any atom is 0.204 e. The van der Waals surface area contributed by atoms with Crippen LogP contribution in [-0.4, -0.2) is 12.2 Å². The number of hydrogen-bond donors (Lipinski definition) is 2. The largest absolute Gasteiger partial charge is 0.484 e. The minimum Gasteiger partial charge on any atom is -0.484 e. The van der Waals surface area contributed by atoms with Gasteiger partial charge in [-0.3, -0.25) is 0 Å². The van der Waals surface area contributed by atoms with E-state index in [4.69, 9.17) is 20.9 Å². The normalized spacial score (nSPS) is 13.4. The molecule has 0 unspecified atom stereocenters. The van der Waals surface area contributed by atoms with Gasteiger partial charge in [0.15, 0.2) is 34.8 Å². The zero-order chi connectivity index (χ0) is 27.5. The maximum absolute atomic E-state index is 14.8. The van der Waals surface area contributed by atoms with E-state index in [1.165, 1.54) is 0 Å². The van der Waals surface area contributed by atoms with Crippen LogP contribution in [0.2, 0.25) is 0 Å². The van der Waals surface area contributed by atoms with Crippen molar-refractivity contribution in [3.63, 3.8) is 0 Å². The fourth-order valence-corrected chi connectivity index (χ4v) is 3.65. The molecule has 12 heteroatoms. The molecule has 2 rings (SSSR count). The topological polar surface area (TPSA) is 70.5 Å². The Morgan fingerprint density at radius 2 is 0.694 bits per heavy atom. The summed E-state index contributed by atoms with van der Waals surface area (Å²) in [4.78, 5) is 0. The van der Waals surface area contributed by atoms with Crippen LogP contribution in [-0.2, 0) is 0 Å². The predicted molar refractivity (Wildman–Crippen MR) is 116 cm³/mol. The fraction of sp³-hybridized carbons (Fsp3) is 0.500. The Hall–Kier alpha value is -2.60. The van der Waals surface area contributed by atoms with Crippen LogP contribution in [0.4, 0.5) is 35.1 Å². The van der Waals surface area contributed by atoms with E-state index in [2.05, 4.69) is 0 Å². The molecule has 0 aliphatic heterocycles. The molecular formula is C24H28F8N2O2. The van der Waals surface area contributed by atoms with Gasteiger partial charge >= 0.3 is 0 Å². The summed E-state index contributed by atoms with van der Waals surface area (Å²) in [6, 6.07) is -4.74. The highest BCUT2D eigenvalue weighted by atomic mass is 19.2. The van der Waals surface area contributed by atoms with E-state index in [1.807, 2.05) is 0 Å². The Balaban J connectivity index is 2.60. The molecule has 0 saturated carbocycles. The molecule has 0 aliphatic carbocycles. The van der Waals surface area contributed by atoms with Crippen LogP contribution in [0.5, 0.6) is 11.5 Å². The predicted octanol–water partition coefficient (Wildman–Crippen LogP) is 6.63. The molecular weight excluding hydrogens is 500 g/mol. The second-order valence-corrected chi connectivity index (χ2v) is 8.16. The Kier molecular flexibility index (Phi) is 9.95. The summed E-state index contributed by atoms with van der Waals surface area (Å²) in [5.74, 6) is -18.6. The van der Waals surface area contributed by atoms with E-state index >= 15 is 0 Å². The van der Waals surface area contributed by atoms with Crippen molar-refractivity contribution in [2.75, 3.05) is 0 Å². The van der Waals surface area contributed by atoms with Gasteiger partial charge in [0.05, 0.1) is 24.3 Å². The van der Waals surface area contributed by atoms with Gasteiger partial charge in [0.1, 0.15) is 0 Å². The SMILES string of the molecule is CCC(CC)Oc1c(F)c(F)c([C@H](N)[C@@H](N)c2c(F)c(F)c(OC(CC)CC)c(F)c2F)c(F)c1F. The maximum atomic E-state index is 14.8. The third kappa shape index (κ3) is 5.39. The van der Waals surface area contributed by atoms with E-state index in [1.54, 1.807) is 27.7 Å². The lowest BCUT2D eigenvalue weighted by Gasteiger charge is -2.25. The molecule has 0 fully saturated rings. The van der Waals surface area contributed by atoms with Gasteiger partial charge in [0.2, 0.25) is 23.3 Å². The van der Waals surface area contributed by atoms with Crippen molar-refractivity contribution in [1.29, 1.82) is 0 Å². The van der Waals surface area contributed by atoms with Crippen molar-refractivity contribution in [2.24, 2.45) is 11.5 Å². The molecule has 2 aromatic carbocycles. The Bertz CT molecular complexity index is 947. The van der Waals surface area contributed by atoms with Gasteiger partial charge in [-0.1, -0.05) is 27.7 Å². The highest BCUT2D eigenvalue weighted by Crippen LogP contribution is 2.40. The van der Waals surface area contributed by atoms with Crippen molar-refractivity contribution in [3.05, 3.63) is 57.7 Å². The van der Waals surface area contributed by atoms with Gasteiger partial charge in [-0.2, -0.15) is 17.6 Å². The molecule has 0 aliphatic rings. The first-order valence-corrected chi connectivity index (χ1v) is 11.4. The summed E-state index contributed by atoms with van der Waals surface area (Å²) >= 11 is 0. The number of hydrogen-bond acceptors (Lipinski definition) is 4. The van der Waals surface area contributed by atoms with Gasteiger partial charge in [0.25, 0.3) is 0 Å². The molecule has 0 saturated heterocycles. The third-order valence-corrected chi connectivity index (χ3v) is 5.96. The lowest BCUT2D eigenvalue weighted by atomic mass is 9.92. The number of halogens is 8. The molecule has 4 N–H and O–H groups in total. The molecule has 0 bridgehead atoms. The average molecular weight is 528 g/mol. The quantitative estimate of drug-likeness (QED) is 0.254. The molecule has 0 heterocycles. The van der Waals surface area contributed by atoms with Crippen LogP contribution in [0.3, 0.4) is 0 Å². The monoisotopic (exact) mass is 528 g/mol. The first kappa shape index (κ1) is 29.6. The van der Waals surface area contributed by atoms with Gasteiger partial charge in [-0.25, -0.2) is 17.6 Å². The van der Waals surface area contributed by atoms with Crippen molar-refractivity contribution in [2.45, 2.75) is 77.7 Å². The van der Waals surface area contributed by atoms with Crippen LogP contribution in [0.25, 0.3) is 0 Å². The average Bonchev–Trinajstić information content (AvgIpc) is 2.86. The summed E-state index contributed by atoms with van der Waals surface area (Å²) in [7, 11) is 0. The third-order valence-electron chi connectivity index (χ3n) is 5.96. The minimum atomic E-state index is -2.37. The fourth-order valence-electron chi connectivity index (χ4n) is 3.65. The molecule has 202 valence electrons. The molecule has 36 heavy (non-hydrogen) atoms. The summed E-state index contributed by atoms with van der Waals surface area (Å²) in [5, 5.41) is 0. The lowest BCUT2D eigenvalue weighted by Crippen LogP contribution is -2.31. The summed E-state index contributed by atoms with van der Waals surface area (Å²) in [5.41, 5.74) is 8.21. The number of rotatable bonds is 11. The highest BCUT2D eigenvalue weighted by molar-refractivity contribution is 5.41. The van der Waals surface area contributed by atoms with Crippen LogP contribution < -0.4 is 20.9 Å². The first-order valence-electron chi connectivity index (χ1n) is 11.4. The second kappa shape index (κ2) is 12.1. The zero-order valence-corrected chi connectivity index (χ0v) is 20.1.